The Morgan fingerprint density at radius 2 is 2.05 bits per heavy atom. The van der Waals surface area contributed by atoms with Gasteiger partial charge in [0.25, 0.3) is 0 Å². The lowest BCUT2D eigenvalue weighted by Crippen LogP contribution is -3.00. The highest BCUT2D eigenvalue weighted by atomic mass is 35.5. The van der Waals surface area contributed by atoms with Crippen LogP contribution in [0.1, 0.15) is 5.69 Å². The van der Waals surface area contributed by atoms with Gasteiger partial charge in [0.15, 0.2) is 17.7 Å². The molecule has 0 bridgehead atoms. The molecule has 0 aliphatic rings. The third kappa shape index (κ3) is 3.08. The van der Waals surface area contributed by atoms with Crippen molar-refractivity contribution >= 4 is 17.0 Å². The molecule has 3 rings (SSSR count). The van der Waals surface area contributed by atoms with E-state index in [9.17, 15) is 0 Å². The maximum Gasteiger partial charge on any atom is 0.182 e. The second kappa shape index (κ2) is 6.45. The molecular weight excluding hydrogens is 286 g/mol. The predicted octanol–water partition coefficient (Wildman–Crippen LogP) is -1.60. The van der Waals surface area contributed by atoms with E-state index in [1.165, 1.54) is 5.69 Å². The van der Waals surface area contributed by atoms with Crippen LogP contribution in [0.5, 0.6) is 0 Å². The van der Waals surface area contributed by atoms with E-state index in [4.69, 9.17) is 5.73 Å². The number of hydrogen-bond acceptors (Lipinski definition) is 3. The van der Waals surface area contributed by atoms with Gasteiger partial charge in [0.05, 0.1) is 5.52 Å². The standard InChI is InChI=1S/C15H18N5.ClH/c1-19-10-4-2-6-12(19)8-9-17-15-14(16)13-7-3-5-11-20(13)18-15;/h2-7,10-11H,8-9,16H2,1H3,(H,17,18);1H/q+1;/p-1. The fraction of sp³-hybridized carbons (Fsp3) is 0.200. The lowest BCUT2D eigenvalue weighted by molar-refractivity contribution is -0.679. The molecule has 110 valence electrons. The normalized spacial score (nSPS) is 10.3. The topological polar surface area (TPSA) is 59.2 Å². The fourth-order valence-corrected chi connectivity index (χ4v) is 2.28. The molecule has 0 aliphatic heterocycles. The molecule has 6 heteroatoms. The third-order valence-electron chi connectivity index (χ3n) is 3.41. The molecule has 3 aromatic heterocycles. The number of nitrogens with one attached hydrogen (secondary N) is 1. The molecule has 5 nitrogen and oxygen atoms in total. The molecule has 0 aliphatic carbocycles. The summed E-state index contributed by atoms with van der Waals surface area (Å²) in [5.74, 6) is 0.745. The Labute approximate surface area is 129 Å². The van der Waals surface area contributed by atoms with Crippen LogP contribution in [0.4, 0.5) is 11.5 Å². The molecule has 21 heavy (non-hydrogen) atoms. The first-order valence-electron chi connectivity index (χ1n) is 6.66. The minimum absolute atomic E-state index is 0. The van der Waals surface area contributed by atoms with Crippen molar-refractivity contribution in [1.82, 2.24) is 9.61 Å². The van der Waals surface area contributed by atoms with Crippen LogP contribution in [0.15, 0.2) is 48.8 Å². The Morgan fingerprint density at radius 3 is 2.81 bits per heavy atom. The Morgan fingerprint density at radius 1 is 1.24 bits per heavy atom. The molecular formula is C15H18ClN5. The maximum absolute atomic E-state index is 6.10. The number of halogens is 1. The number of nitrogens with two attached hydrogens (primary N) is 1. The fourth-order valence-electron chi connectivity index (χ4n) is 2.28. The van der Waals surface area contributed by atoms with Crippen molar-refractivity contribution in [2.75, 3.05) is 17.6 Å². The molecule has 0 atom stereocenters. The van der Waals surface area contributed by atoms with Crippen molar-refractivity contribution in [1.29, 1.82) is 0 Å². The molecule has 0 radical (unpaired) electrons. The second-order valence-electron chi connectivity index (χ2n) is 4.77. The monoisotopic (exact) mass is 303 g/mol. The van der Waals surface area contributed by atoms with Gasteiger partial charge < -0.3 is 23.5 Å². The average Bonchev–Trinajstić information content (AvgIpc) is 2.78. The van der Waals surface area contributed by atoms with Gasteiger partial charge in [-0.25, -0.2) is 9.08 Å². The molecule has 3 N–H and O–H groups in total. The summed E-state index contributed by atoms with van der Waals surface area (Å²) < 4.78 is 3.91. The minimum Gasteiger partial charge on any atom is -1.00 e. The van der Waals surface area contributed by atoms with Crippen LogP contribution in [0.25, 0.3) is 5.52 Å². The largest absolute Gasteiger partial charge is 1.00 e. The van der Waals surface area contributed by atoms with Gasteiger partial charge in [0.1, 0.15) is 12.7 Å². The number of nitrogens with zero attached hydrogens (tertiary/aromatic N) is 3. The van der Waals surface area contributed by atoms with Crippen molar-refractivity contribution in [3.63, 3.8) is 0 Å². The van der Waals surface area contributed by atoms with Gasteiger partial charge in [-0.05, 0) is 12.1 Å². The van der Waals surface area contributed by atoms with Gasteiger partial charge in [-0.1, -0.05) is 12.1 Å². The van der Waals surface area contributed by atoms with Crippen molar-refractivity contribution in [3.05, 3.63) is 54.5 Å². The maximum atomic E-state index is 6.10. The summed E-state index contributed by atoms with van der Waals surface area (Å²) in [7, 11) is 2.05. The van der Waals surface area contributed by atoms with Crippen LogP contribution < -0.4 is 28.0 Å². The second-order valence-corrected chi connectivity index (χ2v) is 4.77. The smallest absolute Gasteiger partial charge is 0.182 e. The molecule has 0 saturated carbocycles. The Balaban J connectivity index is 0.00000161. The van der Waals surface area contributed by atoms with Crippen LogP contribution in [0, 0.1) is 0 Å². The van der Waals surface area contributed by atoms with E-state index >= 15 is 0 Å². The Bertz CT molecular complexity index is 738. The molecule has 0 aromatic carbocycles. The van der Waals surface area contributed by atoms with Gasteiger partial charge >= 0.3 is 0 Å². The highest BCUT2D eigenvalue weighted by molar-refractivity contribution is 5.80. The lowest BCUT2D eigenvalue weighted by atomic mass is 10.2. The van der Waals surface area contributed by atoms with Crippen molar-refractivity contribution in [3.8, 4) is 0 Å². The summed E-state index contributed by atoms with van der Waals surface area (Å²) in [5.41, 5.74) is 8.99. The average molecular weight is 304 g/mol. The highest BCUT2D eigenvalue weighted by Gasteiger charge is 2.09. The van der Waals surface area contributed by atoms with Crippen LogP contribution in [0.3, 0.4) is 0 Å². The van der Waals surface area contributed by atoms with E-state index in [1.807, 2.05) is 30.5 Å². The van der Waals surface area contributed by atoms with E-state index in [2.05, 4.69) is 40.4 Å². The molecule has 0 saturated heterocycles. The quantitative estimate of drug-likeness (QED) is 0.571. The van der Waals surface area contributed by atoms with E-state index in [0.717, 1.165) is 24.3 Å². The van der Waals surface area contributed by atoms with Gasteiger partial charge in [0.2, 0.25) is 0 Å². The highest BCUT2D eigenvalue weighted by Crippen LogP contribution is 2.22. The van der Waals surface area contributed by atoms with Crippen molar-refractivity contribution < 1.29 is 17.0 Å². The first kappa shape index (κ1) is 15.1. The Kier molecular flexibility index (Phi) is 4.65. The first-order chi connectivity index (χ1) is 9.75. The van der Waals surface area contributed by atoms with E-state index < -0.39 is 0 Å². The van der Waals surface area contributed by atoms with Gasteiger partial charge in [0, 0.05) is 31.3 Å². The van der Waals surface area contributed by atoms with Gasteiger partial charge in [-0.15, -0.1) is 5.10 Å². The van der Waals surface area contributed by atoms with Gasteiger partial charge in [-0.3, -0.25) is 0 Å². The van der Waals surface area contributed by atoms with Crippen LogP contribution in [-0.4, -0.2) is 16.2 Å². The van der Waals surface area contributed by atoms with Gasteiger partial charge in [-0.2, -0.15) is 0 Å². The first-order valence-corrected chi connectivity index (χ1v) is 6.66. The van der Waals surface area contributed by atoms with Crippen molar-refractivity contribution in [2.45, 2.75) is 6.42 Å². The summed E-state index contributed by atoms with van der Waals surface area (Å²) in [4.78, 5) is 0. The number of fused-ring (bicyclic) bond motifs is 1. The molecule has 0 unspecified atom stereocenters. The number of rotatable bonds is 4. The number of nitrogen functional groups attached to an aromatic ring is 1. The number of pyridine rings is 2. The van der Waals surface area contributed by atoms with Crippen LogP contribution in [0.2, 0.25) is 0 Å². The van der Waals surface area contributed by atoms with Crippen molar-refractivity contribution in [2.24, 2.45) is 7.05 Å². The number of hydrogen-bond donors (Lipinski definition) is 2. The molecule has 0 amide bonds. The zero-order valence-electron chi connectivity index (χ0n) is 11.8. The molecule has 0 spiro atoms. The zero-order valence-corrected chi connectivity index (χ0v) is 12.6. The third-order valence-corrected chi connectivity index (χ3v) is 3.41. The Hall–Kier alpha value is -2.27. The predicted molar refractivity (Wildman–Crippen MR) is 79.4 cm³/mol. The lowest BCUT2D eigenvalue weighted by Gasteiger charge is -2.03. The molecule has 3 aromatic rings. The zero-order chi connectivity index (χ0) is 13.9. The van der Waals surface area contributed by atoms with E-state index in [0.29, 0.717) is 5.69 Å². The summed E-state index contributed by atoms with van der Waals surface area (Å²) in [6.07, 6.45) is 4.87. The van der Waals surface area contributed by atoms with E-state index in [-0.39, 0.29) is 12.4 Å². The SMILES string of the molecule is C[n+]1ccccc1CCNc1nn2ccccc2c1N.[Cl-]. The minimum atomic E-state index is 0. The summed E-state index contributed by atoms with van der Waals surface area (Å²) in [5, 5.41) is 7.75. The van der Waals surface area contributed by atoms with E-state index in [1.54, 1.807) is 4.52 Å². The molecule has 0 fully saturated rings. The number of anilines is 2. The molecule has 3 heterocycles. The van der Waals surface area contributed by atoms with Crippen LogP contribution >= 0.6 is 0 Å². The summed E-state index contributed by atoms with van der Waals surface area (Å²) in [6.45, 7) is 0.798. The van der Waals surface area contributed by atoms with Crippen LogP contribution in [-0.2, 0) is 13.5 Å². The number of aromatic nitrogens is 3. The number of aryl methyl sites for hydroxylation is 1. The summed E-state index contributed by atoms with van der Waals surface area (Å²) in [6, 6.07) is 12.1. The summed E-state index contributed by atoms with van der Waals surface area (Å²) >= 11 is 0.